The Balaban J connectivity index is 1.60. The smallest absolute Gasteiger partial charge is 0.243 e. The van der Waals surface area contributed by atoms with Crippen molar-refractivity contribution in [2.45, 2.75) is 45.2 Å². The Labute approximate surface area is 135 Å². The molecule has 6 nitrogen and oxygen atoms in total. The number of carbonyl (C=O) groups is 2. The van der Waals surface area contributed by atoms with E-state index in [2.05, 4.69) is 10.6 Å². The third-order valence-corrected chi connectivity index (χ3v) is 4.42. The number of hydrogen-bond acceptors (Lipinski definition) is 4. The Morgan fingerprint density at radius 2 is 1.96 bits per heavy atom. The van der Waals surface area contributed by atoms with Gasteiger partial charge in [0.15, 0.2) is 11.5 Å². The molecule has 1 fully saturated rings. The lowest BCUT2D eigenvalue weighted by molar-refractivity contribution is -0.129. The van der Waals surface area contributed by atoms with Crippen LogP contribution in [0.3, 0.4) is 0 Å². The zero-order chi connectivity index (χ0) is 16.2. The Morgan fingerprint density at radius 1 is 1.22 bits per heavy atom. The predicted octanol–water partition coefficient (Wildman–Crippen LogP) is 1.73. The third-order valence-electron chi connectivity index (χ3n) is 4.42. The number of amides is 2. The van der Waals surface area contributed by atoms with E-state index in [1.165, 1.54) is 6.92 Å². The fourth-order valence-corrected chi connectivity index (χ4v) is 3.26. The topological polar surface area (TPSA) is 76.7 Å². The van der Waals surface area contributed by atoms with Crippen LogP contribution in [0.1, 0.15) is 38.2 Å². The first-order valence-electron chi connectivity index (χ1n) is 8.07. The molecule has 0 bridgehead atoms. The molecule has 2 aliphatic rings. The molecule has 3 rings (SSSR count). The van der Waals surface area contributed by atoms with Gasteiger partial charge in [-0.15, -0.1) is 0 Å². The molecule has 0 saturated heterocycles. The van der Waals surface area contributed by atoms with Crippen molar-refractivity contribution in [3.63, 3.8) is 0 Å². The van der Waals surface area contributed by atoms with Crippen LogP contribution in [0.15, 0.2) is 18.2 Å². The van der Waals surface area contributed by atoms with E-state index in [4.69, 9.17) is 9.47 Å². The molecular weight excluding hydrogens is 296 g/mol. The summed E-state index contributed by atoms with van der Waals surface area (Å²) in [5, 5.41) is 5.73. The molecule has 1 atom stereocenters. The zero-order valence-corrected chi connectivity index (χ0v) is 13.3. The standard InChI is InChI=1S/C17H22N2O4/c1-11(20)19-16(13-4-2-3-5-13)17(21)18-9-12-6-7-14-15(8-12)23-10-22-14/h6-8,13,16H,2-5,9-10H2,1H3,(H,18,21)(H,19,20)/t16-/m0/s1. The van der Waals surface area contributed by atoms with Gasteiger partial charge in [0.25, 0.3) is 0 Å². The highest BCUT2D eigenvalue weighted by Gasteiger charge is 2.31. The molecule has 23 heavy (non-hydrogen) atoms. The van der Waals surface area contributed by atoms with Crippen LogP contribution in [0.4, 0.5) is 0 Å². The lowest BCUT2D eigenvalue weighted by Crippen LogP contribution is -2.49. The minimum absolute atomic E-state index is 0.121. The minimum atomic E-state index is -0.441. The van der Waals surface area contributed by atoms with Crippen molar-refractivity contribution in [2.75, 3.05) is 6.79 Å². The number of carbonyl (C=O) groups excluding carboxylic acids is 2. The molecule has 1 saturated carbocycles. The number of benzene rings is 1. The Bertz CT molecular complexity index is 596. The maximum atomic E-state index is 12.5. The highest BCUT2D eigenvalue weighted by atomic mass is 16.7. The number of fused-ring (bicyclic) bond motifs is 1. The molecule has 1 aliphatic carbocycles. The summed E-state index contributed by atoms with van der Waals surface area (Å²) >= 11 is 0. The average molecular weight is 318 g/mol. The van der Waals surface area contributed by atoms with Crippen molar-refractivity contribution in [1.82, 2.24) is 10.6 Å². The Hall–Kier alpha value is -2.24. The molecule has 1 aromatic carbocycles. The minimum Gasteiger partial charge on any atom is -0.454 e. The number of hydrogen-bond donors (Lipinski definition) is 2. The number of rotatable bonds is 5. The van der Waals surface area contributed by atoms with E-state index in [1.54, 1.807) is 0 Å². The molecule has 0 aromatic heterocycles. The van der Waals surface area contributed by atoms with Gasteiger partial charge in [-0.1, -0.05) is 18.9 Å². The summed E-state index contributed by atoms with van der Waals surface area (Å²) in [7, 11) is 0. The van der Waals surface area contributed by atoms with Crippen molar-refractivity contribution in [2.24, 2.45) is 5.92 Å². The summed E-state index contributed by atoms with van der Waals surface area (Å²) in [6.07, 6.45) is 4.22. The highest BCUT2D eigenvalue weighted by molar-refractivity contribution is 5.87. The molecule has 0 unspecified atom stereocenters. The molecular formula is C17H22N2O4. The third kappa shape index (κ3) is 3.75. The van der Waals surface area contributed by atoms with Crippen molar-refractivity contribution < 1.29 is 19.1 Å². The maximum absolute atomic E-state index is 12.5. The first kappa shape index (κ1) is 15.6. The predicted molar refractivity (Wildman–Crippen MR) is 84.0 cm³/mol. The summed E-state index contributed by atoms with van der Waals surface area (Å²) in [6, 6.07) is 5.16. The summed E-state index contributed by atoms with van der Waals surface area (Å²) in [4.78, 5) is 23.9. The molecule has 0 radical (unpaired) electrons. The normalized spacial score (nSPS) is 17.8. The van der Waals surface area contributed by atoms with Crippen molar-refractivity contribution in [3.05, 3.63) is 23.8 Å². The van der Waals surface area contributed by atoms with Gasteiger partial charge in [0.05, 0.1) is 0 Å². The maximum Gasteiger partial charge on any atom is 0.243 e. The van der Waals surface area contributed by atoms with Crippen LogP contribution in [-0.2, 0) is 16.1 Å². The van der Waals surface area contributed by atoms with Crippen LogP contribution in [0.5, 0.6) is 11.5 Å². The van der Waals surface area contributed by atoms with Gasteiger partial charge in [-0.3, -0.25) is 9.59 Å². The second-order valence-electron chi connectivity index (χ2n) is 6.13. The lowest BCUT2D eigenvalue weighted by Gasteiger charge is -2.23. The highest BCUT2D eigenvalue weighted by Crippen LogP contribution is 2.32. The first-order chi connectivity index (χ1) is 11.1. The van der Waals surface area contributed by atoms with Crippen LogP contribution in [0, 0.1) is 5.92 Å². The van der Waals surface area contributed by atoms with E-state index < -0.39 is 6.04 Å². The van der Waals surface area contributed by atoms with E-state index in [9.17, 15) is 9.59 Å². The van der Waals surface area contributed by atoms with Gasteiger partial charge in [0.1, 0.15) is 6.04 Å². The van der Waals surface area contributed by atoms with Crippen molar-refractivity contribution >= 4 is 11.8 Å². The average Bonchev–Trinajstić information content (AvgIpc) is 3.20. The largest absolute Gasteiger partial charge is 0.454 e. The molecule has 2 amide bonds. The monoisotopic (exact) mass is 318 g/mol. The molecule has 0 spiro atoms. The zero-order valence-electron chi connectivity index (χ0n) is 13.3. The van der Waals surface area contributed by atoms with Crippen molar-refractivity contribution in [1.29, 1.82) is 0 Å². The second-order valence-corrected chi connectivity index (χ2v) is 6.13. The molecule has 1 aromatic rings. The fraction of sp³-hybridized carbons (Fsp3) is 0.529. The van der Waals surface area contributed by atoms with E-state index in [0.29, 0.717) is 12.3 Å². The van der Waals surface area contributed by atoms with Crippen LogP contribution >= 0.6 is 0 Å². The number of ether oxygens (including phenoxy) is 2. The quantitative estimate of drug-likeness (QED) is 0.867. The SMILES string of the molecule is CC(=O)N[C@H](C(=O)NCc1ccc2c(c1)OCO2)C1CCCC1. The van der Waals surface area contributed by atoms with Gasteiger partial charge in [-0.05, 0) is 36.5 Å². The molecule has 6 heteroatoms. The summed E-state index contributed by atoms with van der Waals surface area (Å²) in [5.41, 5.74) is 0.940. The van der Waals surface area contributed by atoms with Crippen LogP contribution in [-0.4, -0.2) is 24.6 Å². The summed E-state index contributed by atoms with van der Waals surface area (Å²) in [6.45, 7) is 2.09. The Kier molecular flexibility index (Phi) is 4.69. The van der Waals surface area contributed by atoms with Crippen molar-refractivity contribution in [3.8, 4) is 11.5 Å². The lowest BCUT2D eigenvalue weighted by atomic mass is 9.97. The van der Waals surface area contributed by atoms with Gasteiger partial charge >= 0.3 is 0 Å². The van der Waals surface area contributed by atoms with Gasteiger partial charge in [-0.25, -0.2) is 0 Å². The van der Waals surface area contributed by atoms with E-state index in [0.717, 1.165) is 37.0 Å². The van der Waals surface area contributed by atoms with E-state index >= 15 is 0 Å². The van der Waals surface area contributed by atoms with E-state index in [-0.39, 0.29) is 24.5 Å². The molecule has 1 heterocycles. The van der Waals surface area contributed by atoms with Gasteiger partial charge in [0.2, 0.25) is 18.6 Å². The van der Waals surface area contributed by atoms with Gasteiger partial charge in [0, 0.05) is 13.5 Å². The second kappa shape index (κ2) is 6.89. The molecule has 2 N–H and O–H groups in total. The van der Waals surface area contributed by atoms with Gasteiger partial charge in [-0.2, -0.15) is 0 Å². The fourth-order valence-electron chi connectivity index (χ4n) is 3.26. The van der Waals surface area contributed by atoms with E-state index in [1.807, 2.05) is 18.2 Å². The van der Waals surface area contributed by atoms with Gasteiger partial charge < -0.3 is 20.1 Å². The van der Waals surface area contributed by atoms with Crippen LogP contribution in [0.2, 0.25) is 0 Å². The van der Waals surface area contributed by atoms with Crippen LogP contribution < -0.4 is 20.1 Å². The number of nitrogens with one attached hydrogen (secondary N) is 2. The van der Waals surface area contributed by atoms with Crippen LogP contribution in [0.25, 0.3) is 0 Å². The molecule has 1 aliphatic heterocycles. The summed E-state index contributed by atoms with van der Waals surface area (Å²) in [5.74, 6) is 1.37. The first-order valence-corrected chi connectivity index (χ1v) is 8.07. The molecule has 124 valence electrons. The Morgan fingerprint density at radius 3 is 2.70 bits per heavy atom. The summed E-state index contributed by atoms with van der Waals surface area (Å²) < 4.78 is 10.6.